The van der Waals surface area contributed by atoms with Gasteiger partial charge in [0.05, 0.1) is 4.92 Å². The Kier molecular flexibility index (Phi) is 3.63. The quantitative estimate of drug-likeness (QED) is 0.631. The van der Waals surface area contributed by atoms with Crippen molar-refractivity contribution in [3.8, 4) is 0 Å². The van der Waals surface area contributed by atoms with Crippen LogP contribution in [0.1, 0.15) is 22.7 Å². The Morgan fingerprint density at radius 3 is 2.45 bits per heavy atom. The first-order chi connectivity index (χ1) is 10.6. The molecular formula is C17H17N3O2. The smallest absolute Gasteiger partial charge is 0.269 e. The first-order valence-corrected chi connectivity index (χ1v) is 7.12. The van der Waals surface area contributed by atoms with Crippen LogP contribution in [-0.4, -0.2) is 29.8 Å². The number of amidine groups is 1. The predicted octanol–water partition coefficient (Wildman–Crippen LogP) is 3.20. The molecule has 0 spiro atoms. The standard InChI is InChI=1S/C17H17N3O2/c1-19(2)16-11-13-5-3-4-6-15(13)17(18-16)12-7-9-14(10-8-12)20(21)22/h3-10,17H,11H2,1-2H3. The van der Waals surface area contributed by atoms with Crippen LogP contribution in [-0.2, 0) is 6.42 Å². The fourth-order valence-corrected chi connectivity index (χ4v) is 2.70. The van der Waals surface area contributed by atoms with Gasteiger partial charge in [0.25, 0.3) is 5.69 Å². The van der Waals surface area contributed by atoms with Gasteiger partial charge in [0.1, 0.15) is 11.9 Å². The van der Waals surface area contributed by atoms with Crippen molar-refractivity contribution in [1.82, 2.24) is 4.90 Å². The normalized spacial score (nSPS) is 16.6. The molecule has 5 heteroatoms. The molecule has 0 N–H and O–H groups in total. The van der Waals surface area contributed by atoms with E-state index in [1.54, 1.807) is 12.1 Å². The second-order valence-electron chi connectivity index (χ2n) is 5.57. The highest BCUT2D eigenvalue weighted by atomic mass is 16.6. The minimum atomic E-state index is -0.382. The third kappa shape index (κ3) is 2.57. The molecule has 0 aromatic heterocycles. The molecule has 3 rings (SSSR count). The fraction of sp³-hybridized carbons (Fsp3) is 0.235. The molecule has 0 radical (unpaired) electrons. The molecule has 2 aromatic rings. The third-order valence-corrected chi connectivity index (χ3v) is 3.91. The molecule has 22 heavy (non-hydrogen) atoms. The minimum Gasteiger partial charge on any atom is -0.366 e. The van der Waals surface area contributed by atoms with Crippen molar-refractivity contribution in [2.75, 3.05) is 14.1 Å². The van der Waals surface area contributed by atoms with E-state index in [1.807, 2.05) is 31.1 Å². The molecule has 1 heterocycles. The summed E-state index contributed by atoms with van der Waals surface area (Å²) in [5.74, 6) is 1.02. The van der Waals surface area contributed by atoms with Crippen LogP contribution in [0.15, 0.2) is 53.5 Å². The zero-order valence-electron chi connectivity index (χ0n) is 12.6. The lowest BCUT2D eigenvalue weighted by Gasteiger charge is -2.27. The van der Waals surface area contributed by atoms with Crippen molar-refractivity contribution in [2.24, 2.45) is 4.99 Å². The molecule has 0 fully saturated rings. The van der Waals surface area contributed by atoms with Crippen LogP contribution in [0, 0.1) is 10.1 Å². The summed E-state index contributed by atoms with van der Waals surface area (Å²) in [5, 5.41) is 10.8. The van der Waals surface area contributed by atoms with Crippen molar-refractivity contribution in [2.45, 2.75) is 12.5 Å². The molecule has 0 saturated heterocycles. The first-order valence-electron chi connectivity index (χ1n) is 7.12. The Hall–Kier alpha value is -2.69. The number of nitrogens with zero attached hydrogens (tertiary/aromatic N) is 3. The van der Waals surface area contributed by atoms with Gasteiger partial charge in [0, 0.05) is 32.6 Å². The molecule has 2 aromatic carbocycles. The second-order valence-corrected chi connectivity index (χ2v) is 5.57. The second kappa shape index (κ2) is 5.60. The molecule has 1 aliphatic rings. The molecule has 112 valence electrons. The molecule has 1 aliphatic heterocycles. The number of benzene rings is 2. The number of rotatable bonds is 2. The van der Waals surface area contributed by atoms with E-state index in [-0.39, 0.29) is 16.7 Å². The van der Waals surface area contributed by atoms with Crippen LogP contribution in [0.25, 0.3) is 0 Å². The SMILES string of the molecule is CN(C)C1=NC(c2ccc([N+](=O)[O-])cc2)c2ccccc2C1. The van der Waals surface area contributed by atoms with E-state index in [0.29, 0.717) is 0 Å². The van der Waals surface area contributed by atoms with Crippen molar-refractivity contribution < 1.29 is 4.92 Å². The number of fused-ring (bicyclic) bond motifs is 1. The summed E-state index contributed by atoms with van der Waals surface area (Å²) in [4.78, 5) is 17.3. The molecule has 0 bridgehead atoms. The Morgan fingerprint density at radius 1 is 1.14 bits per heavy atom. The van der Waals surface area contributed by atoms with Crippen LogP contribution < -0.4 is 0 Å². The van der Waals surface area contributed by atoms with E-state index in [4.69, 9.17) is 4.99 Å². The van der Waals surface area contributed by atoms with Gasteiger partial charge in [-0.2, -0.15) is 0 Å². The fourth-order valence-electron chi connectivity index (χ4n) is 2.70. The number of hydrogen-bond acceptors (Lipinski definition) is 4. The zero-order chi connectivity index (χ0) is 15.7. The summed E-state index contributed by atoms with van der Waals surface area (Å²) in [6, 6.07) is 14.8. The van der Waals surface area contributed by atoms with Crippen LogP contribution in [0.3, 0.4) is 0 Å². The van der Waals surface area contributed by atoms with Gasteiger partial charge in [-0.15, -0.1) is 0 Å². The number of aliphatic imine (C=N–C) groups is 1. The number of hydrogen-bond donors (Lipinski definition) is 0. The van der Waals surface area contributed by atoms with Gasteiger partial charge in [0.2, 0.25) is 0 Å². The Bertz CT molecular complexity index is 736. The molecule has 1 atom stereocenters. The highest BCUT2D eigenvalue weighted by Crippen LogP contribution is 2.33. The third-order valence-electron chi connectivity index (χ3n) is 3.91. The Balaban J connectivity index is 2.05. The molecule has 5 nitrogen and oxygen atoms in total. The average molecular weight is 295 g/mol. The van der Waals surface area contributed by atoms with Crippen molar-refractivity contribution >= 4 is 11.5 Å². The number of non-ortho nitro benzene ring substituents is 1. The topological polar surface area (TPSA) is 58.7 Å². The van der Waals surface area contributed by atoms with E-state index in [2.05, 4.69) is 12.1 Å². The van der Waals surface area contributed by atoms with Gasteiger partial charge < -0.3 is 4.90 Å². The van der Waals surface area contributed by atoms with Crippen molar-refractivity contribution in [3.63, 3.8) is 0 Å². The van der Waals surface area contributed by atoms with Gasteiger partial charge >= 0.3 is 0 Å². The summed E-state index contributed by atoms with van der Waals surface area (Å²) < 4.78 is 0. The monoisotopic (exact) mass is 295 g/mol. The maximum atomic E-state index is 10.8. The highest BCUT2D eigenvalue weighted by molar-refractivity contribution is 5.86. The summed E-state index contributed by atoms with van der Waals surface area (Å²) in [7, 11) is 3.97. The lowest BCUT2D eigenvalue weighted by atomic mass is 9.90. The number of nitro groups is 1. The van der Waals surface area contributed by atoms with Crippen LogP contribution >= 0.6 is 0 Å². The first kappa shape index (κ1) is 14.3. The number of likely N-dealkylation sites (N-methyl/N-ethyl adjacent to an activating group) is 1. The average Bonchev–Trinajstić information content (AvgIpc) is 2.53. The van der Waals surface area contributed by atoms with Crippen LogP contribution in [0.2, 0.25) is 0 Å². The maximum Gasteiger partial charge on any atom is 0.269 e. The Labute approximate surface area is 129 Å². The van der Waals surface area contributed by atoms with E-state index in [9.17, 15) is 10.1 Å². The lowest BCUT2D eigenvalue weighted by molar-refractivity contribution is -0.384. The van der Waals surface area contributed by atoms with E-state index < -0.39 is 0 Å². The summed E-state index contributed by atoms with van der Waals surface area (Å²) >= 11 is 0. The Morgan fingerprint density at radius 2 is 1.82 bits per heavy atom. The number of nitro benzene ring substituents is 1. The molecule has 0 aliphatic carbocycles. The van der Waals surface area contributed by atoms with Gasteiger partial charge in [-0.25, -0.2) is 0 Å². The lowest BCUT2D eigenvalue weighted by Crippen LogP contribution is -2.28. The highest BCUT2D eigenvalue weighted by Gasteiger charge is 2.24. The largest absolute Gasteiger partial charge is 0.366 e. The summed E-state index contributed by atoms with van der Waals surface area (Å²) in [6.07, 6.45) is 0.812. The molecule has 0 amide bonds. The van der Waals surface area contributed by atoms with Crippen LogP contribution in [0.4, 0.5) is 5.69 Å². The van der Waals surface area contributed by atoms with E-state index in [1.165, 1.54) is 23.3 Å². The molecular weight excluding hydrogens is 278 g/mol. The van der Waals surface area contributed by atoms with Crippen LogP contribution in [0.5, 0.6) is 0 Å². The predicted molar refractivity (Wildman–Crippen MR) is 86.2 cm³/mol. The zero-order valence-corrected chi connectivity index (χ0v) is 12.6. The van der Waals surface area contributed by atoms with Gasteiger partial charge in [0.15, 0.2) is 0 Å². The van der Waals surface area contributed by atoms with E-state index in [0.717, 1.165) is 17.8 Å². The maximum absolute atomic E-state index is 10.8. The summed E-state index contributed by atoms with van der Waals surface area (Å²) in [5.41, 5.74) is 3.49. The van der Waals surface area contributed by atoms with Gasteiger partial charge in [-0.3, -0.25) is 15.1 Å². The minimum absolute atomic E-state index is 0.102. The summed E-state index contributed by atoms with van der Waals surface area (Å²) in [6.45, 7) is 0. The van der Waals surface area contributed by atoms with Crippen molar-refractivity contribution in [3.05, 3.63) is 75.3 Å². The van der Waals surface area contributed by atoms with E-state index >= 15 is 0 Å². The van der Waals surface area contributed by atoms with Gasteiger partial charge in [-0.1, -0.05) is 24.3 Å². The molecule has 1 unspecified atom stereocenters. The molecule has 0 saturated carbocycles. The van der Waals surface area contributed by atoms with Crippen molar-refractivity contribution in [1.29, 1.82) is 0 Å². The van der Waals surface area contributed by atoms with Gasteiger partial charge in [-0.05, 0) is 28.8 Å².